The normalized spacial score (nSPS) is 17.4. The number of hydrogen-bond donors (Lipinski definition) is 1. The van der Waals surface area contributed by atoms with Crippen LogP contribution < -0.4 is 4.90 Å². The second kappa shape index (κ2) is 8.16. The number of ketones is 1. The number of anilines is 1. The third-order valence-electron chi connectivity index (χ3n) is 5.53. The van der Waals surface area contributed by atoms with Crippen LogP contribution in [-0.2, 0) is 9.59 Å². The molecule has 168 valence electrons. The van der Waals surface area contributed by atoms with Crippen molar-refractivity contribution in [1.29, 1.82) is 0 Å². The molecule has 5 rings (SSSR count). The van der Waals surface area contributed by atoms with Crippen molar-refractivity contribution in [3.05, 3.63) is 99.4 Å². The first-order valence-electron chi connectivity index (χ1n) is 10.2. The van der Waals surface area contributed by atoms with Gasteiger partial charge in [-0.2, -0.15) is 0 Å². The summed E-state index contributed by atoms with van der Waals surface area (Å²) < 4.78 is 0.823. The van der Waals surface area contributed by atoms with Gasteiger partial charge in [0.05, 0.1) is 26.8 Å². The van der Waals surface area contributed by atoms with Crippen LogP contribution in [0.2, 0.25) is 0 Å². The number of rotatable bonds is 4. The Hall–Kier alpha value is -4.44. The number of amides is 1. The number of nitrogens with zero attached hydrogens (tertiary/aromatic N) is 4. The number of pyridine rings is 1. The lowest BCUT2D eigenvalue weighted by Crippen LogP contribution is -2.29. The molecule has 0 bridgehead atoms. The fourth-order valence-electron chi connectivity index (χ4n) is 3.94. The quantitative estimate of drug-likeness (QED) is 0.152. The van der Waals surface area contributed by atoms with Crippen LogP contribution in [0.5, 0.6) is 0 Å². The number of carbonyl (C=O) groups excluding carboxylic acids is 2. The Morgan fingerprint density at radius 1 is 1.12 bits per heavy atom. The largest absolute Gasteiger partial charge is 0.507 e. The van der Waals surface area contributed by atoms with Crippen LogP contribution in [0, 0.1) is 17.0 Å². The third-order valence-corrected chi connectivity index (χ3v) is 6.55. The molecule has 3 heterocycles. The number of aryl methyl sites for hydroxylation is 1. The summed E-state index contributed by atoms with van der Waals surface area (Å²) in [4.78, 5) is 47.0. The second-order valence-corrected chi connectivity index (χ2v) is 8.73. The highest BCUT2D eigenvalue weighted by Gasteiger charge is 2.48. The first-order valence-corrected chi connectivity index (χ1v) is 11.0. The fraction of sp³-hybridized carbons (Fsp3) is 0.0833. The van der Waals surface area contributed by atoms with E-state index in [0.29, 0.717) is 16.6 Å². The first kappa shape index (κ1) is 21.4. The molecule has 1 aliphatic rings. The molecule has 0 spiro atoms. The molecular formula is C24H16N4O5S. The molecule has 10 heteroatoms. The molecule has 0 saturated carbocycles. The van der Waals surface area contributed by atoms with Gasteiger partial charge in [-0.3, -0.25) is 29.6 Å². The SMILES string of the molecule is Cc1ccc2nc(N3C(=O)C(=O)C(=C(O)c4ccncc4)C3c3cccc([N+](=O)[O-])c3)sc2c1. The average Bonchev–Trinajstić information content (AvgIpc) is 3.37. The maximum atomic E-state index is 13.2. The van der Waals surface area contributed by atoms with E-state index in [2.05, 4.69) is 9.97 Å². The predicted molar refractivity (Wildman–Crippen MR) is 126 cm³/mol. The number of thiazole rings is 1. The number of fused-ring (bicyclic) bond motifs is 1. The number of nitro benzene ring substituents is 1. The van der Waals surface area contributed by atoms with E-state index in [4.69, 9.17) is 0 Å². The number of aliphatic hydroxyl groups excluding tert-OH is 1. The summed E-state index contributed by atoms with van der Waals surface area (Å²) in [6.07, 6.45) is 2.90. The summed E-state index contributed by atoms with van der Waals surface area (Å²) >= 11 is 1.23. The standard InChI is InChI=1S/C24H16N4O5S/c1-13-5-6-17-18(11-13)34-24(26-17)27-20(15-3-2-4-16(12-15)28(32)33)19(22(30)23(27)31)21(29)14-7-9-25-10-8-14/h2-12,20,29H,1H3. The fourth-order valence-corrected chi connectivity index (χ4v) is 5.03. The van der Waals surface area contributed by atoms with E-state index >= 15 is 0 Å². The van der Waals surface area contributed by atoms with Crippen LogP contribution in [0.3, 0.4) is 0 Å². The van der Waals surface area contributed by atoms with Crippen LogP contribution in [-0.4, -0.2) is 31.7 Å². The highest BCUT2D eigenvalue weighted by atomic mass is 32.1. The maximum Gasteiger partial charge on any atom is 0.301 e. The van der Waals surface area contributed by atoms with E-state index in [1.807, 2.05) is 25.1 Å². The summed E-state index contributed by atoms with van der Waals surface area (Å²) in [5.74, 6) is -2.17. The van der Waals surface area contributed by atoms with Crippen LogP contribution in [0.1, 0.15) is 22.7 Å². The van der Waals surface area contributed by atoms with Gasteiger partial charge in [-0.25, -0.2) is 4.98 Å². The van der Waals surface area contributed by atoms with E-state index in [0.717, 1.165) is 10.3 Å². The summed E-state index contributed by atoms with van der Waals surface area (Å²) in [6, 6.07) is 13.2. The van der Waals surface area contributed by atoms with Gasteiger partial charge >= 0.3 is 5.91 Å². The number of benzene rings is 2. The van der Waals surface area contributed by atoms with Gasteiger partial charge < -0.3 is 5.11 Å². The van der Waals surface area contributed by atoms with Crippen molar-refractivity contribution in [3.63, 3.8) is 0 Å². The minimum absolute atomic E-state index is 0.174. The molecule has 9 nitrogen and oxygen atoms in total. The van der Waals surface area contributed by atoms with Crippen molar-refractivity contribution in [2.75, 3.05) is 4.90 Å². The zero-order valence-electron chi connectivity index (χ0n) is 17.7. The van der Waals surface area contributed by atoms with Crippen LogP contribution in [0.25, 0.3) is 16.0 Å². The zero-order chi connectivity index (χ0) is 24.0. The Morgan fingerprint density at radius 2 is 1.88 bits per heavy atom. The van der Waals surface area contributed by atoms with Gasteiger partial charge in [-0.1, -0.05) is 29.5 Å². The lowest BCUT2D eigenvalue weighted by atomic mass is 9.95. The van der Waals surface area contributed by atoms with Crippen LogP contribution in [0.15, 0.2) is 72.6 Å². The summed E-state index contributed by atoms with van der Waals surface area (Å²) in [5.41, 5.74) is 1.89. The van der Waals surface area contributed by atoms with Crippen molar-refractivity contribution >= 4 is 49.8 Å². The second-order valence-electron chi connectivity index (χ2n) is 7.72. The summed E-state index contributed by atoms with van der Waals surface area (Å²) in [5, 5.41) is 22.7. The van der Waals surface area contributed by atoms with Crippen molar-refractivity contribution in [3.8, 4) is 0 Å². The van der Waals surface area contributed by atoms with E-state index < -0.39 is 28.4 Å². The topological polar surface area (TPSA) is 127 Å². The molecule has 1 atom stereocenters. The van der Waals surface area contributed by atoms with Gasteiger partial charge in [0.2, 0.25) is 0 Å². The van der Waals surface area contributed by atoms with Gasteiger partial charge in [0.1, 0.15) is 5.76 Å². The molecule has 0 aliphatic carbocycles. The Morgan fingerprint density at radius 3 is 2.62 bits per heavy atom. The van der Waals surface area contributed by atoms with Gasteiger partial charge in [0.25, 0.3) is 11.5 Å². The maximum absolute atomic E-state index is 13.2. The molecular weight excluding hydrogens is 456 g/mol. The molecule has 1 fully saturated rings. The molecule has 1 amide bonds. The van der Waals surface area contributed by atoms with Crippen molar-refractivity contribution in [2.24, 2.45) is 0 Å². The van der Waals surface area contributed by atoms with Gasteiger partial charge in [0.15, 0.2) is 5.13 Å². The molecule has 1 N–H and O–H groups in total. The summed E-state index contributed by atoms with van der Waals surface area (Å²) in [7, 11) is 0. The monoisotopic (exact) mass is 472 g/mol. The minimum Gasteiger partial charge on any atom is -0.507 e. The molecule has 1 saturated heterocycles. The van der Waals surface area contributed by atoms with E-state index in [9.17, 15) is 24.8 Å². The van der Waals surface area contributed by atoms with Crippen molar-refractivity contribution in [2.45, 2.75) is 13.0 Å². The number of aliphatic hydroxyl groups is 1. The van der Waals surface area contributed by atoms with Crippen molar-refractivity contribution < 1.29 is 19.6 Å². The first-order chi connectivity index (χ1) is 16.3. The summed E-state index contributed by atoms with van der Waals surface area (Å²) in [6.45, 7) is 1.93. The number of aromatic nitrogens is 2. The third kappa shape index (κ3) is 3.50. The Balaban J connectivity index is 1.75. The molecule has 4 aromatic rings. The molecule has 1 aliphatic heterocycles. The van der Waals surface area contributed by atoms with Gasteiger partial charge in [0, 0.05) is 30.1 Å². The van der Waals surface area contributed by atoms with E-state index in [-0.39, 0.29) is 16.4 Å². The molecule has 0 radical (unpaired) electrons. The Bertz CT molecular complexity index is 1510. The number of non-ortho nitro benzene ring substituents is 1. The van der Waals surface area contributed by atoms with Crippen LogP contribution >= 0.6 is 11.3 Å². The lowest BCUT2D eigenvalue weighted by molar-refractivity contribution is -0.384. The number of hydrogen-bond acceptors (Lipinski definition) is 8. The van der Waals surface area contributed by atoms with E-state index in [1.54, 1.807) is 6.07 Å². The number of carbonyl (C=O) groups is 2. The molecule has 1 unspecified atom stereocenters. The van der Waals surface area contributed by atoms with Gasteiger partial charge in [-0.15, -0.1) is 0 Å². The smallest absolute Gasteiger partial charge is 0.301 e. The highest BCUT2D eigenvalue weighted by molar-refractivity contribution is 7.22. The Labute approximate surface area is 196 Å². The van der Waals surface area contributed by atoms with E-state index in [1.165, 1.54) is 59.0 Å². The average molecular weight is 472 g/mol. The number of nitro groups is 1. The van der Waals surface area contributed by atoms with Crippen LogP contribution in [0.4, 0.5) is 10.8 Å². The molecule has 34 heavy (non-hydrogen) atoms. The van der Waals surface area contributed by atoms with Crippen molar-refractivity contribution in [1.82, 2.24) is 9.97 Å². The minimum atomic E-state index is -1.10. The lowest BCUT2D eigenvalue weighted by Gasteiger charge is -2.22. The highest BCUT2D eigenvalue weighted by Crippen LogP contribution is 2.44. The van der Waals surface area contributed by atoms with Gasteiger partial charge in [-0.05, 0) is 42.3 Å². The molecule has 2 aromatic carbocycles. The number of Topliss-reactive ketones (excluding diaryl/α,β-unsaturated/α-hetero) is 1. The molecule has 2 aromatic heterocycles. The zero-order valence-corrected chi connectivity index (χ0v) is 18.5. The predicted octanol–water partition coefficient (Wildman–Crippen LogP) is 4.53. The Kier molecular flexibility index (Phi) is 5.14.